The van der Waals surface area contributed by atoms with Gasteiger partial charge in [0.05, 0.1) is 45.6 Å². The van der Waals surface area contributed by atoms with Crippen molar-refractivity contribution in [1.82, 2.24) is 0 Å². The van der Waals surface area contributed by atoms with Crippen LogP contribution in [0.1, 0.15) is 18.8 Å². The van der Waals surface area contributed by atoms with Gasteiger partial charge in [0.15, 0.2) is 6.29 Å². The maximum absolute atomic E-state index is 12.9. The number of benzene rings is 2. The van der Waals surface area contributed by atoms with Gasteiger partial charge in [-0.15, -0.1) is 0 Å². The van der Waals surface area contributed by atoms with Crippen molar-refractivity contribution in [1.29, 1.82) is 0 Å². The summed E-state index contributed by atoms with van der Waals surface area (Å²) in [6.07, 6.45) is -0.576. The summed E-state index contributed by atoms with van der Waals surface area (Å²) in [4.78, 5) is 12.9. The lowest BCUT2D eigenvalue weighted by atomic mass is 9.90. The van der Waals surface area contributed by atoms with Gasteiger partial charge < -0.3 is 29.0 Å². The first-order valence-corrected chi connectivity index (χ1v) is 8.90. The standard InChI is InChI=1S/C21H25NO6/c1-21(20(23)22-16-10-9-14(24-2)11-18(16)26-4)12-27-19(28-13-21)15-7-5-6-8-17(15)25-3/h5-11,19H,12-13H2,1-4H3,(H,22,23). The molecule has 1 heterocycles. The summed E-state index contributed by atoms with van der Waals surface area (Å²) in [7, 11) is 4.71. The zero-order valence-corrected chi connectivity index (χ0v) is 16.5. The number of ether oxygens (including phenoxy) is 5. The maximum Gasteiger partial charge on any atom is 0.235 e. The first-order chi connectivity index (χ1) is 13.5. The molecule has 1 aliphatic rings. The average molecular weight is 387 g/mol. The minimum absolute atomic E-state index is 0.208. The van der Waals surface area contributed by atoms with Gasteiger partial charge in [-0.2, -0.15) is 0 Å². The van der Waals surface area contributed by atoms with E-state index in [1.165, 1.54) is 7.11 Å². The van der Waals surface area contributed by atoms with Crippen molar-refractivity contribution in [3.63, 3.8) is 0 Å². The molecule has 1 saturated heterocycles. The second-order valence-corrected chi connectivity index (χ2v) is 6.78. The Labute approximate surface area is 164 Å². The van der Waals surface area contributed by atoms with Crippen molar-refractivity contribution >= 4 is 11.6 Å². The number of nitrogens with one attached hydrogen (secondary N) is 1. The predicted octanol–water partition coefficient (Wildman–Crippen LogP) is 3.40. The molecule has 1 aliphatic heterocycles. The molecule has 0 bridgehead atoms. The molecule has 1 fully saturated rings. The molecule has 0 atom stereocenters. The van der Waals surface area contributed by atoms with Crippen molar-refractivity contribution in [3.05, 3.63) is 48.0 Å². The van der Waals surface area contributed by atoms with E-state index in [4.69, 9.17) is 23.7 Å². The second kappa shape index (κ2) is 8.50. The predicted molar refractivity (Wildman–Crippen MR) is 104 cm³/mol. The number of amides is 1. The number of rotatable bonds is 6. The van der Waals surface area contributed by atoms with E-state index in [9.17, 15) is 4.79 Å². The Bertz CT molecular complexity index is 829. The van der Waals surface area contributed by atoms with Crippen LogP contribution >= 0.6 is 0 Å². The number of para-hydroxylation sites is 1. The minimum Gasteiger partial charge on any atom is -0.497 e. The molecule has 0 saturated carbocycles. The molecule has 0 unspecified atom stereocenters. The first kappa shape index (κ1) is 20.0. The number of hydrogen-bond donors (Lipinski definition) is 1. The van der Waals surface area contributed by atoms with Crippen LogP contribution in [0.5, 0.6) is 17.2 Å². The highest BCUT2D eigenvalue weighted by atomic mass is 16.7. The van der Waals surface area contributed by atoms with E-state index in [2.05, 4.69) is 5.32 Å². The first-order valence-electron chi connectivity index (χ1n) is 8.90. The molecule has 7 heteroatoms. The number of anilines is 1. The van der Waals surface area contributed by atoms with Crippen LogP contribution in [0.4, 0.5) is 5.69 Å². The largest absolute Gasteiger partial charge is 0.497 e. The van der Waals surface area contributed by atoms with Gasteiger partial charge in [-0.05, 0) is 25.1 Å². The topological polar surface area (TPSA) is 75.3 Å². The zero-order chi connectivity index (χ0) is 20.1. The van der Waals surface area contributed by atoms with E-state index >= 15 is 0 Å². The van der Waals surface area contributed by atoms with Crippen LogP contribution in [0.15, 0.2) is 42.5 Å². The normalized spacial score (nSPS) is 21.6. The van der Waals surface area contributed by atoms with Crippen LogP contribution < -0.4 is 19.5 Å². The lowest BCUT2D eigenvalue weighted by molar-refractivity contribution is -0.226. The van der Waals surface area contributed by atoms with Gasteiger partial charge in [0.1, 0.15) is 17.2 Å². The molecule has 2 aromatic carbocycles. The highest BCUT2D eigenvalue weighted by molar-refractivity contribution is 5.96. The van der Waals surface area contributed by atoms with Gasteiger partial charge in [0.25, 0.3) is 0 Å². The highest BCUT2D eigenvalue weighted by Gasteiger charge is 2.40. The van der Waals surface area contributed by atoms with Gasteiger partial charge in [-0.3, -0.25) is 4.79 Å². The molecule has 2 aromatic rings. The van der Waals surface area contributed by atoms with E-state index in [1.54, 1.807) is 39.3 Å². The number of methoxy groups -OCH3 is 3. The lowest BCUT2D eigenvalue weighted by Crippen LogP contribution is -2.45. The maximum atomic E-state index is 12.9. The SMILES string of the molecule is COc1ccc(NC(=O)C2(C)COC(c3ccccc3OC)OC2)c(OC)c1. The minimum atomic E-state index is -0.844. The quantitative estimate of drug-likeness (QED) is 0.819. The molecule has 7 nitrogen and oxygen atoms in total. The molecule has 0 spiro atoms. The third-order valence-corrected chi connectivity index (χ3v) is 4.70. The van der Waals surface area contributed by atoms with Crippen molar-refractivity contribution in [2.24, 2.45) is 5.41 Å². The lowest BCUT2D eigenvalue weighted by Gasteiger charge is -2.36. The van der Waals surface area contributed by atoms with E-state index in [1.807, 2.05) is 24.3 Å². The van der Waals surface area contributed by atoms with Crippen LogP contribution in [-0.4, -0.2) is 40.5 Å². The van der Waals surface area contributed by atoms with Gasteiger partial charge in [0.2, 0.25) is 5.91 Å². The fourth-order valence-electron chi connectivity index (χ4n) is 2.96. The summed E-state index contributed by atoms with van der Waals surface area (Å²) in [5.41, 5.74) is 0.509. The molecule has 0 aliphatic carbocycles. The monoisotopic (exact) mass is 387 g/mol. The Hall–Kier alpha value is -2.77. The van der Waals surface area contributed by atoms with Crippen molar-refractivity contribution in [3.8, 4) is 17.2 Å². The molecule has 150 valence electrons. The fraction of sp³-hybridized carbons (Fsp3) is 0.381. The summed E-state index contributed by atoms with van der Waals surface area (Å²) >= 11 is 0. The molecule has 0 aromatic heterocycles. The number of carbonyl (C=O) groups excluding carboxylic acids is 1. The zero-order valence-electron chi connectivity index (χ0n) is 16.5. The van der Waals surface area contributed by atoms with Gasteiger partial charge in [-0.25, -0.2) is 0 Å². The molecule has 3 rings (SSSR count). The van der Waals surface area contributed by atoms with E-state index in [0.29, 0.717) is 22.9 Å². The molecule has 28 heavy (non-hydrogen) atoms. The van der Waals surface area contributed by atoms with Crippen LogP contribution in [0.25, 0.3) is 0 Å². The Kier molecular flexibility index (Phi) is 6.06. The molecular formula is C21H25NO6. The van der Waals surface area contributed by atoms with Crippen LogP contribution in [0.3, 0.4) is 0 Å². The van der Waals surface area contributed by atoms with Crippen molar-refractivity contribution < 1.29 is 28.5 Å². The van der Waals surface area contributed by atoms with E-state index < -0.39 is 11.7 Å². The summed E-state index contributed by atoms with van der Waals surface area (Å²) in [6.45, 7) is 2.22. The Balaban J connectivity index is 1.69. The Morgan fingerprint density at radius 3 is 2.32 bits per heavy atom. The third-order valence-electron chi connectivity index (χ3n) is 4.70. The summed E-state index contributed by atoms with van der Waals surface area (Å²) in [5.74, 6) is 1.63. The van der Waals surface area contributed by atoms with Gasteiger partial charge in [0, 0.05) is 11.6 Å². The number of hydrogen-bond acceptors (Lipinski definition) is 6. The van der Waals surface area contributed by atoms with Crippen LogP contribution in [-0.2, 0) is 14.3 Å². The number of carbonyl (C=O) groups is 1. The summed E-state index contributed by atoms with van der Waals surface area (Å²) in [5, 5.41) is 2.90. The highest BCUT2D eigenvalue weighted by Crippen LogP contribution is 2.37. The van der Waals surface area contributed by atoms with Gasteiger partial charge in [-0.1, -0.05) is 18.2 Å². The fourth-order valence-corrected chi connectivity index (χ4v) is 2.96. The molecule has 1 amide bonds. The Morgan fingerprint density at radius 1 is 1.00 bits per heavy atom. The van der Waals surface area contributed by atoms with E-state index in [0.717, 1.165) is 5.56 Å². The van der Waals surface area contributed by atoms with Crippen LogP contribution in [0, 0.1) is 5.41 Å². The smallest absolute Gasteiger partial charge is 0.235 e. The second-order valence-electron chi connectivity index (χ2n) is 6.78. The molecular weight excluding hydrogens is 362 g/mol. The van der Waals surface area contributed by atoms with E-state index in [-0.39, 0.29) is 19.1 Å². The Morgan fingerprint density at radius 2 is 1.68 bits per heavy atom. The average Bonchev–Trinajstić information content (AvgIpc) is 2.74. The van der Waals surface area contributed by atoms with Crippen LogP contribution in [0.2, 0.25) is 0 Å². The van der Waals surface area contributed by atoms with Crippen molar-refractivity contribution in [2.75, 3.05) is 39.9 Å². The third kappa shape index (κ3) is 4.05. The summed E-state index contributed by atoms with van der Waals surface area (Å²) < 4.78 is 27.6. The molecule has 1 N–H and O–H groups in total. The summed E-state index contributed by atoms with van der Waals surface area (Å²) in [6, 6.07) is 12.7. The van der Waals surface area contributed by atoms with Gasteiger partial charge >= 0.3 is 0 Å². The molecule has 0 radical (unpaired) electrons. The van der Waals surface area contributed by atoms with Crippen molar-refractivity contribution in [2.45, 2.75) is 13.2 Å².